The van der Waals surface area contributed by atoms with E-state index >= 15 is 0 Å². The van der Waals surface area contributed by atoms with Crippen LogP contribution in [0.15, 0.2) is 0 Å². The largest absolute Gasteiger partial charge is 0.394 e. The van der Waals surface area contributed by atoms with Crippen LogP contribution in [0.25, 0.3) is 0 Å². The summed E-state index contributed by atoms with van der Waals surface area (Å²) in [4.78, 5) is 20.9. The van der Waals surface area contributed by atoms with Gasteiger partial charge in [0.2, 0.25) is 5.91 Å². The number of unbranched alkanes of at least 4 members (excludes halogenated alkanes) is 1. The van der Waals surface area contributed by atoms with Crippen molar-refractivity contribution in [2.24, 2.45) is 0 Å². The van der Waals surface area contributed by atoms with Crippen molar-refractivity contribution in [2.75, 3.05) is 13.2 Å². The minimum absolute atomic E-state index is 0.245. The van der Waals surface area contributed by atoms with E-state index < -0.39 is 6.04 Å². The monoisotopic (exact) mass is 189 g/mol. The molecule has 3 N–H and O–H groups in total. The molecular formula is C8H15NO4. The van der Waals surface area contributed by atoms with E-state index in [4.69, 9.17) is 10.2 Å². The van der Waals surface area contributed by atoms with Gasteiger partial charge in [-0.2, -0.15) is 0 Å². The Bertz CT molecular complexity index is 156. The summed E-state index contributed by atoms with van der Waals surface area (Å²) in [6.45, 7) is -0.564. The van der Waals surface area contributed by atoms with Crippen molar-refractivity contribution in [1.29, 1.82) is 0 Å². The molecule has 76 valence electrons. The second-order valence-corrected chi connectivity index (χ2v) is 2.69. The summed E-state index contributed by atoms with van der Waals surface area (Å²) in [5.41, 5.74) is 0. The molecule has 1 amide bonds. The number of carbonyl (C=O) groups excluding carboxylic acids is 2. The first kappa shape index (κ1) is 12.1. The summed E-state index contributed by atoms with van der Waals surface area (Å²) >= 11 is 0. The molecule has 0 saturated carbocycles. The number of carbonyl (C=O) groups is 2. The number of hydrogen-bond acceptors (Lipinski definition) is 4. The Morgan fingerprint density at radius 2 is 2.00 bits per heavy atom. The van der Waals surface area contributed by atoms with Crippen LogP contribution >= 0.6 is 0 Å². The number of rotatable bonds is 7. The van der Waals surface area contributed by atoms with Crippen molar-refractivity contribution in [1.82, 2.24) is 5.32 Å². The van der Waals surface area contributed by atoms with E-state index in [2.05, 4.69) is 5.32 Å². The molecule has 0 unspecified atom stereocenters. The Morgan fingerprint density at radius 3 is 2.46 bits per heavy atom. The van der Waals surface area contributed by atoms with Crippen LogP contribution in [-0.2, 0) is 9.59 Å². The highest BCUT2D eigenvalue weighted by atomic mass is 16.3. The highest BCUT2D eigenvalue weighted by Crippen LogP contribution is 1.93. The zero-order valence-corrected chi connectivity index (χ0v) is 7.40. The van der Waals surface area contributed by atoms with E-state index in [0.29, 0.717) is 12.8 Å². The van der Waals surface area contributed by atoms with E-state index in [1.54, 1.807) is 0 Å². The van der Waals surface area contributed by atoms with Crippen LogP contribution < -0.4 is 5.32 Å². The van der Waals surface area contributed by atoms with Gasteiger partial charge in [-0.1, -0.05) is 0 Å². The van der Waals surface area contributed by atoms with Gasteiger partial charge >= 0.3 is 0 Å². The first-order chi connectivity index (χ1) is 6.24. The minimum atomic E-state index is -0.594. The fourth-order valence-electron chi connectivity index (χ4n) is 0.795. The third-order valence-corrected chi connectivity index (χ3v) is 1.53. The van der Waals surface area contributed by atoms with Crippen LogP contribution in [-0.4, -0.2) is 41.7 Å². The molecular weight excluding hydrogens is 174 g/mol. The van der Waals surface area contributed by atoms with Gasteiger partial charge < -0.3 is 20.3 Å². The zero-order chi connectivity index (χ0) is 10.1. The average molecular weight is 189 g/mol. The molecule has 0 aromatic rings. The van der Waals surface area contributed by atoms with E-state index in [1.165, 1.54) is 0 Å². The van der Waals surface area contributed by atoms with Gasteiger partial charge in [-0.25, -0.2) is 0 Å². The lowest BCUT2D eigenvalue weighted by Crippen LogP contribution is -2.39. The van der Waals surface area contributed by atoms with Crippen molar-refractivity contribution in [3.05, 3.63) is 0 Å². The Labute approximate surface area is 76.8 Å². The summed E-state index contributed by atoms with van der Waals surface area (Å²) < 4.78 is 0. The van der Waals surface area contributed by atoms with E-state index in [9.17, 15) is 9.59 Å². The van der Waals surface area contributed by atoms with Gasteiger partial charge in [-0.3, -0.25) is 4.79 Å². The quantitative estimate of drug-likeness (QED) is 0.348. The molecule has 0 fully saturated rings. The molecule has 0 aliphatic carbocycles. The predicted molar refractivity (Wildman–Crippen MR) is 46.0 cm³/mol. The highest BCUT2D eigenvalue weighted by molar-refractivity contribution is 5.76. The molecule has 0 spiro atoms. The average Bonchev–Trinajstić information content (AvgIpc) is 2.14. The predicted octanol–water partition coefficient (Wildman–Crippen LogP) is -1.18. The van der Waals surface area contributed by atoms with Crippen molar-refractivity contribution in [3.8, 4) is 0 Å². The van der Waals surface area contributed by atoms with Gasteiger partial charge in [0, 0.05) is 12.8 Å². The van der Waals surface area contributed by atoms with E-state index in [0.717, 1.165) is 6.29 Å². The number of aliphatic hydroxyl groups is 2. The molecule has 0 saturated heterocycles. The maximum atomic E-state index is 11.0. The van der Waals surface area contributed by atoms with Crippen molar-refractivity contribution >= 4 is 12.2 Å². The van der Waals surface area contributed by atoms with Crippen LogP contribution in [0, 0.1) is 0 Å². The Kier molecular flexibility index (Phi) is 7.14. The molecule has 0 aliphatic rings. The summed E-state index contributed by atoms with van der Waals surface area (Å²) in [7, 11) is 0. The third kappa shape index (κ3) is 6.24. The Morgan fingerprint density at radius 1 is 1.38 bits per heavy atom. The summed E-state index contributed by atoms with van der Waals surface area (Å²) in [5, 5.41) is 19.7. The van der Waals surface area contributed by atoms with Crippen LogP contribution in [0.1, 0.15) is 19.3 Å². The SMILES string of the molecule is O=CCCCC(=O)NC(CO)CO. The van der Waals surface area contributed by atoms with Gasteiger partial charge in [0.15, 0.2) is 0 Å². The van der Waals surface area contributed by atoms with E-state index in [1.807, 2.05) is 0 Å². The van der Waals surface area contributed by atoms with Crippen molar-refractivity contribution in [2.45, 2.75) is 25.3 Å². The molecule has 0 radical (unpaired) electrons. The lowest BCUT2D eigenvalue weighted by atomic mass is 10.2. The number of aldehydes is 1. The number of nitrogens with one attached hydrogen (secondary N) is 1. The van der Waals surface area contributed by atoms with Gasteiger partial charge in [0.25, 0.3) is 0 Å². The molecule has 0 atom stereocenters. The molecule has 0 aromatic carbocycles. The van der Waals surface area contributed by atoms with Crippen molar-refractivity contribution in [3.63, 3.8) is 0 Å². The number of hydrogen-bond donors (Lipinski definition) is 3. The fraction of sp³-hybridized carbons (Fsp3) is 0.750. The Balaban J connectivity index is 3.53. The molecule has 5 nitrogen and oxygen atoms in total. The maximum Gasteiger partial charge on any atom is 0.220 e. The first-order valence-corrected chi connectivity index (χ1v) is 4.19. The van der Waals surface area contributed by atoms with Crippen LogP contribution in [0.2, 0.25) is 0 Å². The first-order valence-electron chi connectivity index (χ1n) is 4.19. The van der Waals surface area contributed by atoms with Gasteiger partial charge in [0.05, 0.1) is 19.3 Å². The zero-order valence-electron chi connectivity index (χ0n) is 7.40. The lowest BCUT2D eigenvalue weighted by molar-refractivity contribution is -0.122. The normalized spacial score (nSPS) is 10.1. The third-order valence-electron chi connectivity index (χ3n) is 1.53. The molecule has 5 heteroatoms. The van der Waals surface area contributed by atoms with Crippen LogP contribution in [0.5, 0.6) is 0 Å². The topological polar surface area (TPSA) is 86.6 Å². The minimum Gasteiger partial charge on any atom is -0.394 e. The highest BCUT2D eigenvalue weighted by Gasteiger charge is 2.08. The molecule has 0 aromatic heterocycles. The molecule has 0 aliphatic heterocycles. The van der Waals surface area contributed by atoms with Gasteiger partial charge in [-0.05, 0) is 6.42 Å². The lowest BCUT2D eigenvalue weighted by Gasteiger charge is -2.12. The second kappa shape index (κ2) is 7.70. The molecule has 0 heterocycles. The number of amides is 1. The fourth-order valence-corrected chi connectivity index (χ4v) is 0.795. The standard InChI is InChI=1S/C8H15NO4/c10-4-2-1-3-8(13)9-7(5-11)6-12/h4,7,11-12H,1-3,5-6H2,(H,9,13). The molecule has 13 heavy (non-hydrogen) atoms. The van der Waals surface area contributed by atoms with E-state index in [-0.39, 0.29) is 25.5 Å². The Hall–Kier alpha value is -0.940. The summed E-state index contributed by atoms with van der Waals surface area (Å²) in [6, 6.07) is -0.594. The molecule has 0 bridgehead atoms. The molecule has 0 rings (SSSR count). The number of aliphatic hydroxyl groups excluding tert-OH is 2. The summed E-state index contributed by atoms with van der Waals surface area (Å²) in [6.07, 6.45) is 1.85. The smallest absolute Gasteiger partial charge is 0.220 e. The second-order valence-electron chi connectivity index (χ2n) is 2.69. The van der Waals surface area contributed by atoms with Gasteiger partial charge in [-0.15, -0.1) is 0 Å². The maximum absolute atomic E-state index is 11.0. The van der Waals surface area contributed by atoms with Crippen LogP contribution in [0.4, 0.5) is 0 Å². The van der Waals surface area contributed by atoms with Crippen molar-refractivity contribution < 1.29 is 19.8 Å². The van der Waals surface area contributed by atoms with Gasteiger partial charge in [0.1, 0.15) is 6.29 Å². The van der Waals surface area contributed by atoms with Crippen LogP contribution in [0.3, 0.4) is 0 Å². The summed E-state index contributed by atoms with van der Waals surface area (Å²) in [5.74, 6) is -0.255.